The summed E-state index contributed by atoms with van der Waals surface area (Å²) in [6.45, 7) is 3.60. The maximum absolute atomic E-state index is 12.2. The molecule has 2 atom stereocenters. The molecule has 5 heteroatoms. The largest absolute Gasteiger partial charge is 0.481 e. The SMILES string of the molecule is Cc1ccc(CC(=O)N[C@H](c2ccccc2)[C@H](C)C(=O)O)s1. The van der Waals surface area contributed by atoms with Gasteiger partial charge in [0, 0.05) is 9.75 Å². The highest BCUT2D eigenvalue weighted by Gasteiger charge is 2.26. The summed E-state index contributed by atoms with van der Waals surface area (Å²) in [7, 11) is 0. The Bertz CT molecular complexity index is 651. The number of carbonyl (C=O) groups is 2. The zero-order chi connectivity index (χ0) is 16.1. The van der Waals surface area contributed by atoms with Gasteiger partial charge in [0.2, 0.25) is 5.91 Å². The third-order valence-electron chi connectivity index (χ3n) is 3.50. The Morgan fingerprint density at radius 2 is 1.86 bits per heavy atom. The van der Waals surface area contributed by atoms with Crippen LogP contribution in [0.1, 0.15) is 28.3 Å². The van der Waals surface area contributed by atoms with Crippen LogP contribution in [0.3, 0.4) is 0 Å². The average molecular weight is 317 g/mol. The topological polar surface area (TPSA) is 66.4 Å². The molecule has 1 heterocycles. The van der Waals surface area contributed by atoms with Gasteiger partial charge < -0.3 is 10.4 Å². The Labute approximate surface area is 133 Å². The maximum atomic E-state index is 12.2. The molecule has 116 valence electrons. The molecule has 0 saturated heterocycles. The third kappa shape index (κ3) is 4.18. The summed E-state index contributed by atoms with van der Waals surface area (Å²) in [6.07, 6.45) is 0.272. The number of hydrogen-bond donors (Lipinski definition) is 2. The Balaban J connectivity index is 2.12. The minimum Gasteiger partial charge on any atom is -0.481 e. The first-order chi connectivity index (χ1) is 10.5. The lowest BCUT2D eigenvalue weighted by Crippen LogP contribution is -2.36. The molecule has 0 spiro atoms. The van der Waals surface area contributed by atoms with Crippen molar-refractivity contribution < 1.29 is 14.7 Å². The van der Waals surface area contributed by atoms with E-state index in [-0.39, 0.29) is 12.3 Å². The summed E-state index contributed by atoms with van der Waals surface area (Å²) in [6, 6.07) is 12.6. The van der Waals surface area contributed by atoms with Crippen molar-refractivity contribution in [2.24, 2.45) is 5.92 Å². The fraction of sp³-hybridized carbons (Fsp3) is 0.294. The molecule has 1 amide bonds. The third-order valence-corrected chi connectivity index (χ3v) is 4.50. The van der Waals surface area contributed by atoms with Gasteiger partial charge in [0.15, 0.2) is 0 Å². The second-order valence-electron chi connectivity index (χ2n) is 5.27. The number of nitrogens with one attached hydrogen (secondary N) is 1. The van der Waals surface area contributed by atoms with Gasteiger partial charge in [-0.05, 0) is 31.5 Å². The van der Waals surface area contributed by atoms with E-state index < -0.39 is 17.9 Å². The fourth-order valence-electron chi connectivity index (χ4n) is 2.26. The van der Waals surface area contributed by atoms with E-state index in [9.17, 15) is 14.7 Å². The van der Waals surface area contributed by atoms with Gasteiger partial charge in [-0.25, -0.2) is 0 Å². The molecular formula is C17H19NO3S. The Hall–Kier alpha value is -2.14. The van der Waals surface area contributed by atoms with E-state index in [1.165, 1.54) is 0 Å². The summed E-state index contributed by atoms with van der Waals surface area (Å²) in [4.78, 5) is 25.7. The zero-order valence-corrected chi connectivity index (χ0v) is 13.4. The molecule has 2 rings (SSSR count). The molecule has 0 fully saturated rings. The van der Waals surface area contributed by atoms with Gasteiger partial charge in [-0.2, -0.15) is 0 Å². The van der Waals surface area contributed by atoms with E-state index in [0.29, 0.717) is 0 Å². The number of carbonyl (C=O) groups excluding carboxylic acids is 1. The Morgan fingerprint density at radius 3 is 2.41 bits per heavy atom. The van der Waals surface area contributed by atoms with E-state index in [4.69, 9.17) is 0 Å². The summed E-state index contributed by atoms with van der Waals surface area (Å²) in [5, 5.41) is 12.1. The fourth-order valence-corrected chi connectivity index (χ4v) is 3.15. The standard InChI is InChI=1S/C17H19NO3S/c1-11-8-9-14(22-11)10-15(19)18-16(12(2)17(20)21)13-6-4-3-5-7-13/h3-9,12,16H,10H2,1-2H3,(H,18,19)(H,20,21)/t12-,16-/m0/s1. The molecule has 0 radical (unpaired) electrons. The number of aliphatic carboxylic acids is 1. The lowest BCUT2D eigenvalue weighted by molar-refractivity contribution is -0.142. The van der Waals surface area contributed by atoms with Crippen LogP contribution in [0.15, 0.2) is 42.5 Å². The molecule has 0 aliphatic rings. The maximum Gasteiger partial charge on any atom is 0.308 e. The predicted molar refractivity (Wildman–Crippen MR) is 86.9 cm³/mol. The number of benzene rings is 1. The molecular weight excluding hydrogens is 298 g/mol. The molecule has 2 aromatic rings. The van der Waals surface area contributed by atoms with Crippen molar-refractivity contribution in [2.75, 3.05) is 0 Å². The van der Waals surface area contributed by atoms with Crippen molar-refractivity contribution in [1.29, 1.82) is 0 Å². The highest BCUT2D eigenvalue weighted by Crippen LogP contribution is 2.23. The van der Waals surface area contributed by atoms with Gasteiger partial charge in [-0.3, -0.25) is 9.59 Å². The number of aryl methyl sites for hydroxylation is 1. The zero-order valence-electron chi connectivity index (χ0n) is 12.6. The number of hydrogen-bond acceptors (Lipinski definition) is 3. The van der Waals surface area contributed by atoms with Gasteiger partial charge in [0.1, 0.15) is 0 Å². The van der Waals surface area contributed by atoms with E-state index in [2.05, 4.69) is 5.32 Å². The lowest BCUT2D eigenvalue weighted by Gasteiger charge is -2.22. The van der Waals surface area contributed by atoms with Crippen LogP contribution in [0.5, 0.6) is 0 Å². The smallest absolute Gasteiger partial charge is 0.308 e. The predicted octanol–water partition coefficient (Wildman–Crippen LogP) is 3.18. The van der Waals surface area contributed by atoms with Crippen molar-refractivity contribution in [3.63, 3.8) is 0 Å². The van der Waals surface area contributed by atoms with Crippen LogP contribution >= 0.6 is 11.3 Å². The van der Waals surface area contributed by atoms with Crippen molar-refractivity contribution in [3.05, 3.63) is 57.8 Å². The van der Waals surface area contributed by atoms with E-state index in [0.717, 1.165) is 15.3 Å². The summed E-state index contributed by atoms with van der Waals surface area (Å²) in [5.41, 5.74) is 0.799. The van der Waals surface area contributed by atoms with E-state index in [1.807, 2.05) is 49.4 Å². The van der Waals surface area contributed by atoms with Crippen molar-refractivity contribution in [2.45, 2.75) is 26.3 Å². The molecule has 0 aliphatic carbocycles. The number of amides is 1. The number of rotatable bonds is 6. The first-order valence-corrected chi connectivity index (χ1v) is 7.91. The lowest BCUT2D eigenvalue weighted by atomic mass is 9.94. The number of thiophene rings is 1. The van der Waals surface area contributed by atoms with Crippen LogP contribution < -0.4 is 5.32 Å². The van der Waals surface area contributed by atoms with Crippen molar-refractivity contribution in [1.82, 2.24) is 5.32 Å². The highest BCUT2D eigenvalue weighted by atomic mass is 32.1. The second kappa shape index (κ2) is 7.22. The molecule has 2 N–H and O–H groups in total. The highest BCUT2D eigenvalue weighted by molar-refractivity contribution is 7.12. The summed E-state index contributed by atoms with van der Waals surface area (Å²) >= 11 is 1.58. The molecule has 1 aromatic carbocycles. The van der Waals surface area contributed by atoms with Crippen LogP contribution in [0.25, 0.3) is 0 Å². The first kappa shape index (κ1) is 16.2. The minimum atomic E-state index is -0.930. The molecule has 22 heavy (non-hydrogen) atoms. The van der Waals surface area contributed by atoms with Crippen LogP contribution in [-0.2, 0) is 16.0 Å². The van der Waals surface area contributed by atoms with Crippen LogP contribution in [0, 0.1) is 12.8 Å². The quantitative estimate of drug-likeness (QED) is 0.860. The first-order valence-electron chi connectivity index (χ1n) is 7.10. The average Bonchev–Trinajstić information content (AvgIpc) is 2.90. The summed E-state index contributed by atoms with van der Waals surface area (Å²) < 4.78 is 0. The Morgan fingerprint density at radius 1 is 1.18 bits per heavy atom. The molecule has 1 aromatic heterocycles. The molecule has 0 saturated carbocycles. The van der Waals surface area contributed by atoms with E-state index in [1.54, 1.807) is 18.3 Å². The number of carboxylic acids is 1. The van der Waals surface area contributed by atoms with Crippen molar-refractivity contribution in [3.8, 4) is 0 Å². The normalized spacial score (nSPS) is 13.4. The van der Waals surface area contributed by atoms with Gasteiger partial charge in [-0.1, -0.05) is 30.3 Å². The molecule has 4 nitrogen and oxygen atoms in total. The molecule has 0 aliphatic heterocycles. The van der Waals surface area contributed by atoms with Gasteiger partial charge in [-0.15, -0.1) is 11.3 Å². The Kier molecular flexibility index (Phi) is 5.33. The number of carboxylic acid groups (broad SMARTS) is 1. The van der Waals surface area contributed by atoms with Gasteiger partial charge >= 0.3 is 5.97 Å². The monoisotopic (exact) mass is 317 g/mol. The van der Waals surface area contributed by atoms with Crippen molar-refractivity contribution >= 4 is 23.2 Å². The van der Waals surface area contributed by atoms with Gasteiger partial charge in [0.05, 0.1) is 18.4 Å². The van der Waals surface area contributed by atoms with Crippen LogP contribution in [-0.4, -0.2) is 17.0 Å². The molecule has 0 bridgehead atoms. The minimum absolute atomic E-state index is 0.163. The van der Waals surface area contributed by atoms with Gasteiger partial charge in [0.25, 0.3) is 0 Å². The van der Waals surface area contributed by atoms with Crippen LogP contribution in [0.2, 0.25) is 0 Å². The molecule has 0 unspecified atom stereocenters. The van der Waals surface area contributed by atoms with Crippen LogP contribution in [0.4, 0.5) is 0 Å². The summed E-state index contributed by atoms with van der Waals surface area (Å²) in [5.74, 6) is -1.79. The second-order valence-corrected chi connectivity index (χ2v) is 6.64. The van der Waals surface area contributed by atoms with E-state index >= 15 is 0 Å².